The van der Waals surface area contributed by atoms with Crippen molar-refractivity contribution in [2.45, 2.75) is 51.6 Å². The highest BCUT2D eigenvalue weighted by molar-refractivity contribution is 5.55. The average Bonchev–Trinajstić information content (AvgIpc) is 2.46. The van der Waals surface area contributed by atoms with Crippen LogP contribution in [0.2, 0.25) is 0 Å². The predicted molar refractivity (Wildman–Crippen MR) is 81.8 cm³/mol. The molecule has 1 aromatic carbocycles. The van der Waals surface area contributed by atoms with Crippen molar-refractivity contribution in [3.63, 3.8) is 0 Å². The monoisotopic (exact) mass is 276 g/mol. The zero-order valence-corrected chi connectivity index (χ0v) is 12.6. The van der Waals surface area contributed by atoms with Crippen LogP contribution < -0.4 is 4.90 Å². The molecule has 2 saturated heterocycles. The zero-order valence-electron chi connectivity index (χ0n) is 12.6. The maximum Gasteiger partial charge on any atom is 0.146 e. The molecule has 0 spiro atoms. The maximum absolute atomic E-state index is 14.3. The van der Waals surface area contributed by atoms with Crippen LogP contribution in [0.1, 0.15) is 38.2 Å². The van der Waals surface area contributed by atoms with Gasteiger partial charge in [0.25, 0.3) is 0 Å². The van der Waals surface area contributed by atoms with Gasteiger partial charge in [-0.05, 0) is 44.4 Å². The third-order valence-electron chi connectivity index (χ3n) is 4.99. The van der Waals surface area contributed by atoms with Crippen molar-refractivity contribution in [2.24, 2.45) is 0 Å². The van der Waals surface area contributed by atoms with Crippen molar-refractivity contribution >= 4 is 5.69 Å². The Labute approximate surface area is 121 Å². The van der Waals surface area contributed by atoms with Crippen LogP contribution in [0.25, 0.3) is 0 Å². The van der Waals surface area contributed by atoms with Crippen LogP contribution in [-0.4, -0.2) is 36.6 Å². The lowest BCUT2D eigenvalue weighted by atomic mass is 9.94. The first-order valence-corrected chi connectivity index (χ1v) is 7.96. The third kappa shape index (κ3) is 2.44. The molecule has 0 saturated carbocycles. The Kier molecular flexibility index (Phi) is 3.97. The minimum atomic E-state index is -0.0623. The molecule has 2 nitrogen and oxygen atoms in total. The van der Waals surface area contributed by atoms with E-state index in [0.717, 1.165) is 30.8 Å². The number of piperazine rings is 1. The molecule has 3 heteroatoms. The average molecular weight is 276 g/mol. The highest BCUT2D eigenvalue weighted by Crippen LogP contribution is 2.32. The lowest BCUT2D eigenvalue weighted by molar-refractivity contribution is 0.110. The van der Waals surface area contributed by atoms with Crippen LogP contribution in [-0.2, 0) is 0 Å². The quantitative estimate of drug-likeness (QED) is 0.814. The van der Waals surface area contributed by atoms with Crippen LogP contribution in [0.5, 0.6) is 0 Å². The topological polar surface area (TPSA) is 6.48 Å². The van der Waals surface area contributed by atoms with Gasteiger partial charge in [0, 0.05) is 25.2 Å². The number of rotatable bonds is 2. The fourth-order valence-electron chi connectivity index (χ4n) is 3.86. The summed E-state index contributed by atoms with van der Waals surface area (Å²) in [5, 5.41) is 0. The van der Waals surface area contributed by atoms with Gasteiger partial charge in [0.2, 0.25) is 0 Å². The van der Waals surface area contributed by atoms with Crippen LogP contribution in [0.3, 0.4) is 0 Å². The molecule has 2 fully saturated rings. The molecule has 0 radical (unpaired) electrons. The number of nitrogens with zero attached hydrogens (tertiary/aromatic N) is 2. The molecule has 2 atom stereocenters. The number of hydrogen-bond acceptors (Lipinski definition) is 2. The SMILES string of the molecule is CCC1CN2CCCCC2CN1c1c(C)cccc1F. The molecular formula is C17H25FN2. The van der Waals surface area contributed by atoms with E-state index in [9.17, 15) is 4.39 Å². The van der Waals surface area contributed by atoms with Crippen molar-refractivity contribution in [1.29, 1.82) is 0 Å². The molecule has 20 heavy (non-hydrogen) atoms. The van der Waals surface area contributed by atoms with Gasteiger partial charge in [0.05, 0.1) is 5.69 Å². The minimum Gasteiger partial charge on any atom is -0.363 e. The molecule has 2 heterocycles. The third-order valence-corrected chi connectivity index (χ3v) is 4.99. The van der Waals surface area contributed by atoms with Gasteiger partial charge in [0.15, 0.2) is 0 Å². The maximum atomic E-state index is 14.3. The number of para-hydroxylation sites is 1. The van der Waals surface area contributed by atoms with E-state index < -0.39 is 0 Å². The summed E-state index contributed by atoms with van der Waals surface area (Å²) in [6, 6.07) is 6.50. The molecule has 2 aliphatic heterocycles. The summed E-state index contributed by atoms with van der Waals surface area (Å²) in [7, 11) is 0. The summed E-state index contributed by atoms with van der Waals surface area (Å²) in [6.45, 7) is 7.55. The Morgan fingerprint density at radius 3 is 2.85 bits per heavy atom. The number of benzene rings is 1. The Hall–Kier alpha value is -1.09. The van der Waals surface area contributed by atoms with Gasteiger partial charge in [-0.15, -0.1) is 0 Å². The van der Waals surface area contributed by atoms with E-state index in [1.807, 2.05) is 19.1 Å². The first-order chi connectivity index (χ1) is 9.70. The molecule has 2 aliphatic rings. The minimum absolute atomic E-state index is 0.0623. The number of fused-ring (bicyclic) bond motifs is 1. The van der Waals surface area contributed by atoms with Gasteiger partial charge in [-0.25, -0.2) is 4.39 Å². The van der Waals surface area contributed by atoms with Crippen molar-refractivity contribution in [3.8, 4) is 0 Å². The van der Waals surface area contributed by atoms with Gasteiger partial charge in [-0.1, -0.05) is 25.5 Å². The Morgan fingerprint density at radius 1 is 1.25 bits per heavy atom. The number of anilines is 1. The van der Waals surface area contributed by atoms with Crippen molar-refractivity contribution in [3.05, 3.63) is 29.6 Å². The lowest BCUT2D eigenvalue weighted by Gasteiger charge is -2.49. The van der Waals surface area contributed by atoms with Crippen LogP contribution >= 0.6 is 0 Å². The fraction of sp³-hybridized carbons (Fsp3) is 0.647. The number of piperidine rings is 1. The molecule has 0 amide bonds. The molecule has 0 aromatic heterocycles. The summed E-state index contributed by atoms with van der Waals surface area (Å²) in [4.78, 5) is 4.97. The zero-order chi connectivity index (χ0) is 14.1. The van der Waals surface area contributed by atoms with Gasteiger partial charge >= 0.3 is 0 Å². The molecule has 0 bridgehead atoms. The highest BCUT2D eigenvalue weighted by Gasteiger charge is 2.35. The van der Waals surface area contributed by atoms with E-state index in [2.05, 4.69) is 16.7 Å². The molecule has 3 rings (SSSR count). The van der Waals surface area contributed by atoms with E-state index in [4.69, 9.17) is 0 Å². The van der Waals surface area contributed by atoms with E-state index in [1.54, 1.807) is 6.07 Å². The van der Waals surface area contributed by atoms with E-state index in [0.29, 0.717) is 12.1 Å². The van der Waals surface area contributed by atoms with Crippen molar-refractivity contribution < 1.29 is 4.39 Å². The number of halogens is 1. The molecule has 1 aromatic rings. The first kappa shape index (κ1) is 13.9. The standard InChI is InChI=1S/C17H25FN2/c1-3-14-11-19-10-5-4-8-15(19)12-20(14)17-13(2)7-6-9-16(17)18/h6-7,9,14-15H,3-5,8,10-12H2,1-2H3. The van der Waals surface area contributed by atoms with Gasteiger partial charge < -0.3 is 4.90 Å². The summed E-state index contributed by atoms with van der Waals surface area (Å²) < 4.78 is 14.3. The molecule has 0 N–H and O–H groups in total. The van der Waals surface area contributed by atoms with E-state index >= 15 is 0 Å². The second-order valence-electron chi connectivity index (χ2n) is 6.26. The van der Waals surface area contributed by atoms with Crippen LogP contribution in [0, 0.1) is 12.7 Å². The van der Waals surface area contributed by atoms with Gasteiger partial charge in [-0.3, -0.25) is 4.90 Å². The second kappa shape index (κ2) is 5.72. The molecular weight excluding hydrogens is 251 g/mol. The number of aryl methyl sites for hydroxylation is 1. The van der Waals surface area contributed by atoms with E-state index in [1.165, 1.54) is 25.8 Å². The van der Waals surface area contributed by atoms with Crippen LogP contribution in [0.15, 0.2) is 18.2 Å². The smallest absolute Gasteiger partial charge is 0.146 e. The molecule has 2 unspecified atom stereocenters. The Balaban J connectivity index is 1.90. The van der Waals surface area contributed by atoms with Crippen LogP contribution in [0.4, 0.5) is 10.1 Å². The highest BCUT2D eigenvalue weighted by atomic mass is 19.1. The normalized spacial score (nSPS) is 27.4. The lowest BCUT2D eigenvalue weighted by Crippen LogP contribution is -2.59. The van der Waals surface area contributed by atoms with Gasteiger partial charge in [-0.2, -0.15) is 0 Å². The number of hydrogen-bond donors (Lipinski definition) is 0. The summed E-state index contributed by atoms with van der Waals surface area (Å²) in [5.41, 5.74) is 1.90. The molecule has 0 aliphatic carbocycles. The van der Waals surface area contributed by atoms with Gasteiger partial charge in [0.1, 0.15) is 5.82 Å². The summed E-state index contributed by atoms with van der Waals surface area (Å²) >= 11 is 0. The van der Waals surface area contributed by atoms with Crippen molar-refractivity contribution in [1.82, 2.24) is 4.90 Å². The van der Waals surface area contributed by atoms with E-state index in [-0.39, 0.29) is 5.82 Å². The summed E-state index contributed by atoms with van der Waals surface area (Å²) in [5.74, 6) is -0.0623. The summed E-state index contributed by atoms with van der Waals surface area (Å²) in [6.07, 6.45) is 4.99. The largest absolute Gasteiger partial charge is 0.363 e. The first-order valence-electron chi connectivity index (χ1n) is 7.96. The second-order valence-corrected chi connectivity index (χ2v) is 6.26. The fourth-order valence-corrected chi connectivity index (χ4v) is 3.86. The Bertz CT molecular complexity index is 454. The van der Waals surface area contributed by atoms with Crippen molar-refractivity contribution in [2.75, 3.05) is 24.5 Å². The Morgan fingerprint density at radius 2 is 2.10 bits per heavy atom. The molecule has 110 valence electrons. The predicted octanol–water partition coefficient (Wildman–Crippen LogP) is 3.59.